The number of aliphatic hydroxyl groups is 2. The van der Waals surface area contributed by atoms with Gasteiger partial charge in [0.2, 0.25) is 0 Å². The molecule has 6 rings (SSSR count). The van der Waals surface area contributed by atoms with Crippen molar-refractivity contribution in [3.8, 4) is 11.1 Å². The van der Waals surface area contributed by atoms with Crippen LogP contribution in [-0.2, 0) is 38.6 Å². The van der Waals surface area contributed by atoms with Crippen molar-refractivity contribution in [2.24, 2.45) is 0 Å². The molecule has 2 saturated heterocycles. The van der Waals surface area contributed by atoms with Crippen molar-refractivity contribution in [2.75, 3.05) is 26.7 Å². The van der Waals surface area contributed by atoms with Gasteiger partial charge in [-0.1, -0.05) is 97.1 Å². The Labute approximate surface area is 293 Å². The van der Waals surface area contributed by atoms with Crippen molar-refractivity contribution in [1.29, 1.82) is 0 Å². The van der Waals surface area contributed by atoms with Gasteiger partial charge in [-0.25, -0.2) is 9.59 Å². The highest BCUT2D eigenvalue weighted by molar-refractivity contribution is 5.83. The topological polar surface area (TPSA) is 130 Å². The number of hydrogen-bond donors (Lipinski definition) is 4. The summed E-state index contributed by atoms with van der Waals surface area (Å²) in [7, 11) is 1.31. The molecule has 0 bridgehead atoms. The normalized spacial score (nSPS) is 21.3. The van der Waals surface area contributed by atoms with Crippen molar-refractivity contribution in [3.63, 3.8) is 0 Å². The fourth-order valence-electron chi connectivity index (χ4n) is 6.57. The number of benzene rings is 4. The Balaban J connectivity index is 1.10. The Morgan fingerprint density at radius 1 is 0.880 bits per heavy atom. The molecule has 2 aliphatic heterocycles. The lowest BCUT2D eigenvalue weighted by Gasteiger charge is -2.37. The predicted molar refractivity (Wildman–Crippen MR) is 189 cm³/mol. The average molecular weight is 680 g/mol. The van der Waals surface area contributed by atoms with Crippen LogP contribution < -0.4 is 10.6 Å². The summed E-state index contributed by atoms with van der Waals surface area (Å²) in [5, 5.41) is 25.2. The number of carbonyl (C=O) groups excluding carboxylic acids is 2. The van der Waals surface area contributed by atoms with Crippen LogP contribution in [0.5, 0.6) is 0 Å². The number of nitrogens with zero attached hydrogens (tertiary/aromatic N) is 1. The number of amides is 2. The second-order valence-corrected chi connectivity index (χ2v) is 13.0. The number of β-amino-alcohol motifs (C(OH)–C–C–N with tert-alkyl or cyclic N) is 1. The lowest BCUT2D eigenvalue weighted by molar-refractivity contribution is -0.252. The first-order valence-electron chi connectivity index (χ1n) is 17.1. The monoisotopic (exact) mass is 679 g/mol. The molecule has 2 aliphatic rings. The third-order valence-electron chi connectivity index (χ3n) is 9.29. The standard InChI is InChI=1S/C40H45N3O7/c1-48-38(46)36(21-27-6-3-2-4-7-27)42-40(47)41-23-29-8-5-9-33(20-29)30-14-16-32(17-15-30)39-49-35(25-43-19-18-34(45)24-43)22-37(50-39)31-12-10-28(26-44)11-13-31/h2-17,20,34-37,39,44-45H,18-19,21-26H2,1H3,(H2,41,42,47). The number of ether oxygens (including phenoxy) is 3. The van der Waals surface area contributed by atoms with Crippen LogP contribution in [0.2, 0.25) is 0 Å². The first kappa shape index (κ1) is 35.3. The first-order chi connectivity index (χ1) is 24.4. The molecule has 5 atom stereocenters. The van der Waals surface area contributed by atoms with Crippen molar-refractivity contribution < 1.29 is 34.0 Å². The van der Waals surface area contributed by atoms with Crippen LogP contribution in [0.4, 0.5) is 4.79 Å². The Hall–Kier alpha value is -4.58. The summed E-state index contributed by atoms with van der Waals surface area (Å²) in [6.07, 6.45) is 0.665. The zero-order valence-corrected chi connectivity index (χ0v) is 28.2. The Morgan fingerprint density at radius 3 is 2.32 bits per heavy atom. The summed E-state index contributed by atoms with van der Waals surface area (Å²) in [6.45, 7) is 2.48. The predicted octanol–water partition coefficient (Wildman–Crippen LogP) is 5.04. The number of urea groups is 1. The van der Waals surface area contributed by atoms with Crippen molar-refractivity contribution >= 4 is 12.0 Å². The molecule has 0 radical (unpaired) electrons. The second kappa shape index (κ2) is 16.9. The van der Waals surface area contributed by atoms with Gasteiger partial charge in [-0.3, -0.25) is 4.90 Å². The lowest BCUT2D eigenvalue weighted by atomic mass is 9.99. The smallest absolute Gasteiger partial charge is 0.328 e. The molecule has 5 unspecified atom stereocenters. The maximum atomic E-state index is 12.8. The van der Waals surface area contributed by atoms with Gasteiger partial charge < -0.3 is 35.1 Å². The van der Waals surface area contributed by atoms with Gasteiger partial charge in [0, 0.05) is 44.6 Å². The molecule has 10 nitrogen and oxygen atoms in total. The minimum Gasteiger partial charge on any atom is -0.467 e. The van der Waals surface area contributed by atoms with Crippen molar-refractivity contribution in [2.45, 2.75) is 63.1 Å². The summed E-state index contributed by atoms with van der Waals surface area (Å²) in [5.74, 6) is -0.507. The molecule has 0 spiro atoms. The number of carbonyl (C=O) groups is 2. The summed E-state index contributed by atoms with van der Waals surface area (Å²) >= 11 is 0. The van der Waals surface area contributed by atoms with E-state index in [9.17, 15) is 19.8 Å². The zero-order valence-electron chi connectivity index (χ0n) is 28.2. The van der Waals surface area contributed by atoms with Gasteiger partial charge >= 0.3 is 12.0 Å². The van der Waals surface area contributed by atoms with Gasteiger partial charge in [-0.05, 0) is 45.9 Å². The van der Waals surface area contributed by atoms with E-state index in [4.69, 9.17) is 14.2 Å². The highest BCUT2D eigenvalue weighted by Crippen LogP contribution is 2.39. The first-order valence-corrected chi connectivity index (χ1v) is 17.1. The van der Waals surface area contributed by atoms with Crippen LogP contribution in [0.25, 0.3) is 11.1 Å². The lowest BCUT2D eigenvalue weighted by Crippen LogP contribution is -2.47. The molecular formula is C40H45N3O7. The average Bonchev–Trinajstić information content (AvgIpc) is 3.57. The molecule has 0 aliphatic carbocycles. The molecule has 4 N–H and O–H groups in total. The van der Waals surface area contributed by atoms with Crippen molar-refractivity contribution in [3.05, 3.63) is 131 Å². The molecule has 2 fully saturated rings. The summed E-state index contributed by atoms with van der Waals surface area (Å²) < 4.78 is 17.9. The zero-order chi connectivity index (χ0) is 34.9. The van der Waals surface area contributed by atoms with Crippen molar-refractivity contribution in [1.82, 2.24) is 15.5 Å². The molecule has 4 aromatic carbocycles. The molecule has 0 aromatic heterocycles. The van der Waals surface area contributed by atoms with Crippen LogP contribution in [0.1, 0.15) is 53.1 Å². The summed E-state index contributed by atoms with van der Waals surface area (Å²) in [4.78, 5) is 27.4. The van der Waals surface area contributed by atoms with Crippen LogP contribution in [-0.4, -0.2) is 72.1 Å². The molecule has 262 valence electrons. The molecule has 2 amide bonds. The van der Waals surface area contributed by atoms with Crippen LogP contribution in [0.3, 0.4) is 0 Å². The summed E-state index contributed by atoms with van der Waals surface area (Å²) in [6, 6.07) is 32.1. The van der Waals surface area contributed by atoms with Gasteiger partial charge in [0.25, 0.3) is 0 Å². The Morgan fingerprint density at radius 2 is 1.62 bits per heavy atom. The maximum absolute atomic E-state index is 12.8. The second-order valence-electron chi connectivity index (χ2n) is 13.0. The van der Waals surface area contributed by atoms with E-state index in [2.05, 4.69) is 15.5 Å². The minimum atomic E-state index is -0.810. The molecular weight excluding hydrogens is 634 g/mol. The third-order valence-corrected chi connectivity index (χ3v) is 9.29. The van der Waals surface area contributed by atoms with Crippen LogP contribution in [0.15, 0.2) is 103 Å². The summed E-state index contributed by atoms with van der Waals surface area (Å²) in [5.41, 5.74) is 6.61. The van der Waals surface area contributed by atoms with Gasteiger partial charge in [0.15, 0.2) is 6.29 Å². The van der Waals surface area contributed by atoms with E-state index >= 15 is 0 Å². The fourth-order valence-corrected chi connectivity index (χ4v) is 6.57. The highest BCUT2D eigenvalue weighted by atomic mass is 16.7. The third kappa shape index (κ3) is 9.35. The van der Waals surface area contributed by atoms with Gasteiger partial charge in [-0.2, -0.15) is 0 Å². The van der Waals surface area contributed by atoms with E-state index in [-0.39, 0.29) is 31.5 Å². The van der Waals surface area contributed by atoms with E-state index < -0.39 is 24.3 Å². The number of methoxy groups -OCH3 is 1. The van der Waals surface area contributed by atoms with E-state index in [1.165, 1.54) is 7.11 Å². The number of hydrogen-bond acceptors (Lipinski definition) is 8. The fraction of sp³-hybridized carbons (Fsp3) is 0.350. The van der Waals surface area contributed by atoms with Crippen LogP contribution in [0, 0.1) is 0 Å². The van der Waals surface area contributed by atoms with Gasteiger partial charge in [0.05, 0.1) is 32.0 Å². The van der Waals surface area contributed by atoms with E-state index in [1.54, 1.807) is 0 Å². The number of nitrogens with one attached hydrogen (secondary N) is 2. The van der Waals surface area contributed by atoms with Crippen LogP contribution >= 0.6 is 0 Å². The molecule has 4 aromatic rings. The number of aliphatic hydroxyl groups excluding tert-OH is 2. The number of rotatable bonds is 12. The molecule has 10 heteroatoms. The highest BCUT2D eigenvalue weighted by Gasteiger charge is 2.34. The van der Waals surface area contributed by atoms with Gasteiger partial charge in [0.1, 0.15) is 6.04 Å². The maximum Gasteiger partial charge on any atom is 0.328 e. The molecule has 0 saturated carbocycles. The van der Waals surface area contributed by atoms with E-state index in [1.807, 2.05) is 103 Å². The molecule has 50 heavy (non-hydrogen) atoms. The largest absolute Gasteiger partial charge is 0.467 e. The Kier molecular flexibility index (Phi) is 11.9. The SMILES string of the molecule is COC(=O)C(Cc1ccccc1)NC(=O)NCc1cccc(-c2ccc(C3OC(CN4CCC(O)C4)CC(c4ccc(CO)cc4)O3)cc2)c1. The quantitative estimate of drug-likeness (QED) is 0.153. The minimum absolute atomic E-state index is 0.00872. The Bertz CT molecular complexity index is 1700. The van der Waals surface area contributed by atoms with E-state index in [0.717, 1.165) is 58.5 Å². The molecule has 2 heterocycles. The number of esters is 1. The number of likely N-dealkylation sites (tertiary alicyclic amines) is 1. The van der Waals surface area contributed by atoms with Gasteiger partial charge in [-0.15, -0.1) is 0 Å². The van der Waals surface area contributed by atoms with E-state index in [0.29, 0.717) is 19.4 Å².